The Kier molecular flexibility index (Phi) is 8.09. The van der Waals surface area contributed by atoms with E-state index < -0.39 is 6.17 Å². The van der Waals surface area contributed by atoms with Gasteiger partial charge in [0.05, 0.1) is 48.0 Å². The van der Waals surface area contributed by atoms with Crippen molar-refractivity contribution in [1.29, 1.82) is 0 Å². The first-order chi connectivity index (χ1) is 18.4. The maximum Gasteiger partial charge on any atom is 0.257 e. The largest absolute Gasteiger partial charge is 0.376 e. The van der Waals surface area contributed by atoms with Gasteiger partial charge < -0.3 is 24.7 Å². The molecule has 0 spiro atoms. The molecule has 9 heteroatoms. The highest BCUT2D eigenvalue weighted by Crippen LogP contribution is 2.29. The molecule has 1 aromatic heterocycles. The molecule has 2 aromatic carbocycles. The fourth-order valence-electron chi connectivity index (χ4n) is 5.46. The third-order valence-corrected chi connectivity index (χ3v) is 7.90. The van der Waals surface area contributed by atoms with Gasteiger partial charge in [-0.25, -0.2) is 4.39 Å². The van der Waals surface area contributed by atoms with Crippen molar-refractivity contribution in [2.45, 2.75) is 56.8 Å². The molecular weight excluding hydrogens is 509 g/mol. The van der Waals surface area contributed by atoms with Crippen molar-refractivity contribution in [3.63, 3.8) is 0 Å². The number of likely N-dealkylation sites (tertiary alicyclic amines) is 1. The molecule has 1 aliphatic heterocycles. The standard InChI is InChI=1S/C29H31ClFN3O4/c30-25-11-19(7-10-27(25)33-29(37)24-14-32-26-4-2-1-3-23(24)26)12-28(36)34-15-20(31)13-21(34)17-38-22-8-5-18(16-35)6-9-22/h1-4,7,10-11,14,16,18,20-22,32H,5-6,8-9,12-13,15,17H2,(H,33,37)/t18?,20-,21-,22?/m0/s1. The molecule has 3 aromatic rings. The third kappa shape index (κ3) is 5.92. The monoisotopic (exact) mass is 539 g/mol. The number of halogens is 2. The van der Waals surface area contributed by atoms with E-state index in [9.17, 15) is 18.8 Å². The smallest absolute Gasteiger partial charge is 0.257 e. The van der Waals surface area contributed by atoms with Crippen LogP contribution in [-0.2, 0) is 20.7 Å². The Bertz CT molecular complexity index is 1320. The molecule has 2 heterocycles. The van der Waals surface area contributed by atoms with Crippen LogP contribution < -0.4 is 5.32 Å². The molecule has 2 amide bonds. The molecule has 2 fully saturated rings. The Hall–Kier alpha value is -3.23. The molecule has 0 bridgehead atoms. The molecule has 1 saturated carbocycles. The summed E-state index contributed by atoms with van der Waals surface area (Å²) in [5.41, 5.74) is 2.50. The fraction of sp³-hybridized carbons (Fsp3) is 0.414. The molecule has 0 radical (unpaired) electrons. The number of para-hydroxylation sites is 1. The second kappa shape index (κ2) is 11.7. The van der Waals surface area contributed by atoms with Crippen LogP contribution in [0.25, 0.3) is 10.9 Å². The van der Waals surface area contributed by atoms with E-state index >= 15 is 0 Å². The number of aromatic nitrogens is 1. The maximum atomic E-state index is 14.3. The quantitative estimate of drug-likeness (QED) is 0.379. The lowest BCUT2D eigenvalue weighted by atomic mass is 9.88. The maximum absolute atomic E-state index is 14.3. The molecule has 38 heavy (non-hydrogen) atoms. The fourth-order valence-corrected chi connectivity index (χ4v) is 5.71. The molecule has 1 saturated heterocycles. The summed E-state index contributed by atoms with van der Waals surface area (Å²) >= 11 is 6.46. The molecule has 5 rings (SSSR count). The number of H-pyrrole nitrogens is 1. The lowest BCUT2D eigenvalue weighted by Crippen LogP contribution is -2.40. The van der Waals surface area contributed by atoms with Crippen molar-refractivity contribution in [3.05, 3.63) is 64.8 Å². The minimum Gasteiger partial charge on any atom is -0.376 e. The first-order valence-corrected chi connectivity index (χ1v) is 13.5. The van der Waals surface area contributed by atoms with Crippen LogP contribution in [-0.4, -0.2) is 59.5 Å². The van der Waals surface area contributed by atoms with Crippen LogP contribution in [0.2, 0.25) is 5.02 Å². The van der Waals surface area contributed by atoms with E-state index in [1.54, 1.807) is 29.3 Å². The van der Waals surface area contributed by atoms with E-state index in [2.05, 4.69) is 10.3 Å². The number of fused-ring (bicyclic) bond motifs is 1. The molecule has 1 aliphatic carbocycles. The van der Waals surface area contributed by atoms with Crippen LogP contribution in [0.1, 0.15) is 48.0 Å². The number of hydrogen-bond acceptors (Lipinski definition) is 4. The van der Waals surface area contributed by atoms with E-state index in [1.807, 2.05) is 24.3 Å². The molecule has 0 unspecified atom stereocenters. The number of amides is 2. The second-order valence-corrected chi connectivity index (χ2v) is 10.6. The van der Waals surface area contributed by atoms with Gasteiger partial charge >= 0.3 is 0 Å². The van der Waals surface area contributed by atoms with Crippen LogP contribution in [0, 0.1) is 5.92 Å². The van der Waals surface area contributed by atoms with Gasteiger partial charge in [0.2, 0.25) is 5.91 Å². The summed E-state index contributed by atoms with van der Waals surface area (Å²) < 4.78 is 20.3. The molecule has 7 nitrogen and oxygen atoms in total. The van der Waals surface area contributed by atoms with Crippen LogP contribution in [0.3, 0.4) is 0 Å². The molecule has 2 N–H and O–H groups in total. The SMILES string of the molecule is O=CC1CCC(OC[C@@H]2C[C@H](F)CN2C(=O)Cc2ccc(NC(=O)c3c[nH]c4ccccc34)c(Cl)c2)CC1. The van der Waals surface area contributed by atoms with Crippen LogP contribution >= 0.6 is 11.6 Å². The molecular formula is C29H31ClFN3O4. The number of rotatable bonds is 8. The van der Waals surface area contributed by atoms with Gasteiger partial charge in [0.25, 0.3) is 5.91 Å². The Morgan fingerprint density at radius 3 is 2.71 bits per heavy atom. The lowest BCUT2D eigenvalue weighted by Gasteiger charge is -2.29. The van der Waals surface area contributed by atoms with Crippen molar-refractivity contribution < 1.29 is 23.5 Å². The van der Waals surface area contributed by atoms with Crippen LogP contribution in [0.5, 0.6) is 0 Å². The van der Waals surface area contributed by atoms with Crippen molar-refractivity contribution in [1.82, 2.24) is 9.88 Å². The third-order valence-electron chi connectivity index (χ3n) is 7.59. The van der Waals surface area contributed by atoms with E-state index in [4.69, 9.17) is 16.3 Å². The molecule has 200 valence electrons. The first-order valence-electron chi connectivity index (χ1n) is 13.1. The summed E-state index contributed by atoms with van der Waals surface area (Å²) in [6.45, 7) is 0.347. The average molecular weight is 540 g/mol. The summed E-state index contributed by atoms with van der Waals surface area (Å²) in [6, 6.07) is 12.3. The number of ether oxygens (including phenoxy) is 1. The van der Waals surface area contributed by atoms with Gasteiger partial charge in [-0.3, -0.25) is 9.59 Å². The van der Waals surface area contributed by atoms with Gasteiger partial charge in [0, 0.05) is 29.4 Å². The second-order valence-electron chi connectivity index (χ2n) is 10.2. The Balaban J connectivity index is 1.18. The zero-order chi connectivity index (χ0) is 26.6. The van der Waals surface area contributed by atoms with Crippen molar-refractivity contribution in [2.24, 2.45) is 5.92 Å². The Morgan fingerprint density at radius 2 is 1.95 bits per heavy atom. The predicted molar refractivity (Wildman–Crippen MR) is 144 cm³/mol. The van der Waals surface area contributed by atoms with Crippen molar-refractivity contribution in [3.8, 4) is 0 Å². The van der Waals surface area contributed by atoms with Gasteiger partial charge in [0.1, 0.15) is 12.5 Å². The minimum absolute atomic E-state index is 0.0487. The number of anilines is 1. The zero-order valence-corrected chi connectivity index (χ0v) is 21.8. The van der Waals surface area contributed by atoms with Gasteiger partial charge in [-0.15, -0.1) is 0 Å². The van der Waals surface area contributed by atoms with Crippen LogP contribution in [0.15, 0.2) is 48.7 Å². The minimum atomic E-state index is -1.08. The van der Waals surface area contributed by atoms with Gasteiger partial charge in [-0.1, -0.05) is 35.9 Å². The number of hydrogen-bond donors (Lipinski definition) is 2. The number of benzene rings is 2. The number of carbonyl (C=O) groups is 3. The first kappa shape index (κ1) is 26.4. The highest BCUT2D eigenvalue weighted by Gasteiger charge is 2.36. The molecule has 2 aliphatic rings. The topological polar surface area (TPSA) is 91.5 Å². The van der Waals surface area contributed by atoms with Crippen molar-refractivity contribution in [2.75, 3.05) is 18.5 Å². The Labute approximate surface area is 225 Å². The summed E-state index contributed by atoms with van der Waals surface area (Å²) in [4.78, 5) is 41.6. The Morgan fingerprint density at radius 1 is 1.16 bits per heavy atom. The highest BCUT2D eigenvalue weighted by atomic mass is 35.5. The highest BCUT2D eigenvalue weighted by molar-refractivity contribution is 6.34. The van der Waals surface area contributed by atoms with Gasteiger partial charge in [0.15, 0.2) is 0 Å². The van der Waals surface area contributed by atoms with E-state index in [0.29, 0.717) is 28.4 Å². The van der Waals surface area contributed by atoms with E-state index in [1.165, 1.54) is 0 Å². The van der Waals surface area contributed by atoms with E-state index in [0.717, 1.165) is 42.9 Å². The number of alkyl halides is 1. The number of nitrogens with one attached hydrogen (secondary N) is 2. The summed E-state index contributed by atoms with van der Waals surface area (Å²) in [5.74, 6) is -0.369. The molecule has 2 atom stereocenters. The number of nitrogens with zero attached hydrogens (tertiary/aromatic N) is 1. The van der Waals surface area contributed by atoms with Crippen LogP contribution in [0.4, 0.5) is 10.1 Å². The summed E-state index contributed by atoms with van der Waals surface area (Å²) in [6.07, 6.45) is 5.22. The zero-order valence-electron chi connectivity index (χ0n) is 21.0. The summed E-state index contributed by atoms with van der Waals surface area (Å²) in [5, 5.41) is 3.97. The number of aromatic amines is 1. The summed E-state index contributed by atoms with van der Waals surface area (Å²) in [7, 11) is 0. The normalized spacial score (nSPS) is 23.5. The average Bonchev–Trinajstić information content (AvgIpc) is 3.52. The van der Waals surface area contributed by atoms with E-state index in [-0.39, 0.29) is 49.3 Å². The van der Waals surface area contributed by atoms with Gasteiger partial charge in [-0.2, -0.15) is 0 Å². The predicted octanol–water partition coefficient (Wildman–Crippen LogP) is 5.33. The number of carbonyl (C=O) groups excluding carboxylic acids is 3. The number of aldehydes is 1. The lowest BCUT2D eigenvalue weighted by molar-refractivity contribution is -0.133. The van der Waals surface area contributed by atoms with Crippen molar-refractivity contribution >= 4 is 46.3 Å². The van der Waals surface area contributed by atoms with Gasteiger partial charge in [-0.05, 0) is 49.4 Å².